The van der Waals surface area contributed by atoms with Crippen LogP contribution in [0.1, 0.15) is 45.1 Å². The number of ether oxygens (including phenoxy) is 1. The molecule has 0 radical (unpaired) electrons. The van der Waals surface area contributed by atoms with E-state index >= 15 is 0 Å². The van der Waals surface area contributed by atoms with Crippen LogP contribution in [-0.4, -0.2) is 23.1 Å². The number of carbonyl (C=O) groups excluding carboxylic acids is 1. The molecule has 7 heteroatoms. The van der Waals surface area contributed by atoms with Crippen LogP contribution in [0.2, 0.25) is 5.02 Å². The van der Waals surface area contributed by atoms with Gasteiger partial charge in [0.1, 0.15) is 11.6 Å². The van der Waals surface area contributed by atoms with E-state index in [2.05, 4.69) is 10.3 Å². The third-order valence-corrected chi connectivity index (χ3v) is 5.75. The van der Waals surface area contributed by atoms with E-state index < -0.39 is 5.82 Å². The van der Waals surface area contributed by atoms with Crippen molar-refractivity contribution in [2.75, 3.05) is 10.2 Å². The summed E-state index contributed by atoms with van der Waals surface area (Å²) in [5, 5.41) is 3.77. The first-order chi connectivity index (χ1) is 13.9. The van der Waals surface area contributed by atoms with E-state index in [-0.39, 0.29) is 30.6 Å². The molecule has 1 fully saturated rings. The van der Waals surface area contributed by atoms with Gasteiger partial charge >= 0.3 is 0 Å². The minimum absolute atomic E-state index is 0.0374. The SMILES string of the molecule is CC(C)OC1CCC(C(=O)N2Cc3cc(F)cnc3Nc3ccc(Cl)cc32)CC1. The molecule has 0 unspecified atom stereocenters. The molecule has 0 spiro atoms. The third-order valence-electron chi connectivity index (χ3n) is 5.52. The number of benzene rings is 1. The van der Waals surface area contributed by atoms with Crippen LogP contribution in [0.4, 0.5) is 21.6 Å². The minimum Gasteiger partial charge on any atom is -0.376 e. The normalized spacial score (nSPS) is 21.2. The largest absolute Gasteiger partial charge is 0.376 e. The van der Waals surface area contributed by atoms with Gasteiger partial charge in [0.15, 0.2) is 0 Å². The van der Waals surface area contributed by atoms with Gasteiger partial charge < -0.3 is 15.0 Å². The minimum atomic E-state index is -0.423. The molecule has 29 heavy (non-hydrogen) atoms. The Hall–Kier alpha value is -2.18. The number of aromatic nitrogens is 1. The fourth-order valence-electron chi connectivity index (χ4n) is 4.18. The number of amides is 1. The summed E-state index contributed by atoms with van der Waals surface area (Å²) in [5.74, 6) is 0.0833. The van der Waals surface area contributed by atoms with E-state index in [1.165, 1.54) is 12.3 Å². The molecule has 1 N–H and O–H groups in total. The molecule has 5 nitrogen and oxygen atoms in total. The summed E-state index contributed by atoms with van der Waals surface area (Å²) in [6.45, 7) is 4.32. The maximum atomic E-state index is 13.8. The van der Waals surface area contributed by atoms with Crippen molar-refractivity contribution >= 4 is 34.7 Å². The second-order valence-corrected chi connectivity index (χ2v) is 8.47. The molecular weight excluding hydrogens is 393 g/mol. The molecule has 4 rings (SSSR count). The smallest absolute Gasteiger partial charge is 0.230 e. The lowest BCUT2D eigenvalue weighted by Gasteiger charge is -2.33. The lowest BCUT2D eigenvalue weighted by molar-refractivity contribution is -0.124. The fourth-order valence-corrected chi connectivity index (χ4v) is 4.35. The lowest BCUT2D eigenvalue weighted by Crippen LogP contribution is -2.38. The predicted molar refractivity (Wildman–Crippen MR) is 112 cm³/mol. The van der Waals surface area contributed by atoms with Crippen LogP contribution in [0.3, 0.4) is 0 Å². The first-order valence-electron chi connectivity index (χ1n) is 10.1. The highest BCUT2D eigenvalue weighted by atomic mass is 35.5. The Kier molecular flexibility index (Phi) is 5.74. The van der Waals surface area contributed by atoms with E-state index in [0.717, 1.165) is 31.4 Å². The summed E-state index contributed by atoms with van der Waals surface area (Å²) >= 11 is 6.23. The maximum absolute atomic E-state index is 13.8. The molecule has 1 aromatic heterocycles. The number of hydrogen-bond donors (Lipinski definition) is 1. The molecule has 2 aliphatic rings. The van der Waals surface area contributed by atoms with Crippen molar-refractivity contribution in [2.24, 2.45) is 5.92 Å². The van der Waals surface area contributed by atoms with E-state index in [0.29, 0.717) is 22.1 Å². The van der Waals surface area contributed by atoms with Gasteiger partial charge in [-0.2, -0.15) is 0 Å². The van der Waals surface area contributed by atoms with Crippen LogP contribution in [0.5, 0.6) is 0 Å². The molecule has 0 saturated heterocycles. The Bertz CT molecular complexity index is 913. The van der Waals surface area contributed by atoms with Gasteiger partial charge in [0, 0.05) is 16.5 Å². The zero-order chi connectivity index (χ0) is 20.5. The molecule has 1 aliphatic carbocycles. The summed E-state index contributed by atoms with van der Waals surface area (Å²) < 4.78 is 19.7. The zero-order valence-electron chi connectivity index (χ0n) is 16.6. The predicted octanol–water partition coefficient (Wildman–Crippen LogP) is 5.45. The highest BCUT2D eigenvalue weighted by Crippen LogP contribution is 2.39. The van der Waals surface area contributed by atoms with Crippen molar-refractivity contribution in [3.05, 3.63) is 46.9 Å². The van der Waals surface area contributed by atoms with Crippen molar-refractivity contribution in [1.29, 1.82) is 0 Å². The molecule has 0 bridgehead atoms. The molecular formula is C22H25ClFN3O2. The second kappa shape index (κ2) is 8.28. The first kappa shape index (κ1) is 20.1. The number of nitrogens with one attached hydrogen (secondary N) is 1. The van der Waals surface area contributed by atoms with Crippen LogP contribution >= 0.6 is 11.6 Å². The standard InChI is InChI=1S/C22H25ClFN3O2/c1-13(2)29-18-6-3-14(4-7-18)22(28)27-12-15-9-17(24)11-25-21(15)26-19-8-5-16(23)10-20(19)27/h5,8-11,13-14,18H,3-4,6-7,12H2,1-2H3,(H,25,26). The van der Waals surface area contributed by atoms with Crippen molar-refractivity contribution in [2.45, 2.75) is 58.3 Å². The van der Waals surface area contributed by atoms with Crippen LogP contribution in [0.15, 0.2) is 30.5 Å². The molecule has 1 saturated carbocycles. The van der Waals surface area contributed by atoms with Gasteiger partial charge in [-0.05, 0) is 63.8 Å². The Morgan fingerprint density at radius 1 is 1.28 bits per heavy atom. The van der Waals surface area contributed by atoms with Crippen LogP contribution in [-0.2, 0) is 16.1 Å². The van der Waals surface area contributed by atoms with Crippen LogP contribution in [0, 0.1) is 11.7 Å². The summed E-state index contributed by atoms with van der Waals surface area (Å²) in [5.41, 5.74) is 2.07. The highest BCUT2D eigenvalue weighted by molar-refractivity contribution is 6.31. The monoisotopic (exact) mass is 417 g/mol. The van der Waals surface area contributed by atoms with Gasteiger partial charge in [0.2, 0.25) is 5.91 Å². The summed E-state index contributed by atoms with van der Waals surface area (Å²) in [4.78, 5) is 19.4. The zero-order valence-corrected chi connectivity index (χ0v) is 17.4. The number of pyridine rings is 1. The molecule has 1 amide bonds. The number of fused-ring (bicyclic) bond motifs is 2. The topological polar surface area (TPSA) is 54.5 Å². The van der Waals surface area contributed by atoms with E-state index in [9.17, 15) is 9.18 Å². The van der Waals surface area contributed by atoms with Gasteiger partial charge in [-0.3, -0.25) is 4.79 Å². The molecule has 2 aromatic rings. The average Bonchev–Trinajstić information content (AvgIpc) is 2.84. The number of anilines is 3. The van der Waals surface area contributed by atoms with Crippen LogP contribution < -0.4 is 10.2 Å². The molecule has 0 atom stereocenters. The van der Waals surface area contributed by atoms with Gasteiger partial charge in [-0.25, -0.2) is 9.37 Å². The number of halogens is 2. The van der Waals surface area contributed by atoms with E-state index in [1.807, 2.05) is 19.9 Å². The average molecular weight is 418 g/mol. The second-order valence-electron chi connectivity index (χ2n) is 8.03. The fraction of sp³-hybridized carbons (Fsp3) is 0.455. The molecule has 2 heterocycles. The van der Waals surface area contributed by atoms with Gasteiger partial charge in [-0.15, -0.1) is 0 Å². The van der Waals surface area contributed by atoms with Crippen LogP contribution in [0.25, 0.3) is 0 Å². The Morgan fingerprint density at radius 2 is 2.03 bits per heavy atom. The Labute approximate surface area is 175 Å². The molecule has 1 aromatic carbocycles. The van der Waals surface area contributed by atoms with Gasteiger partial charge in [-0.1, -0.05) is 11.6 Å². The van der Waals surface area contributed by atoms with E-state index in [1.54, 1.807) is 17.0 Å². The summed E-state index contributed by atoms with van der Waals surface area (Å²) in [7, 11) is 0. The van der Waals surface area contributed by atoms with Crippen molar-refractivity contribution < 1.29 is 13.9 Å². The Morgan fingerprint density at radius 3 is 2.76 bits per heavy atom. The highest BCUT2D eigenvalue weighted by Gasteiger charge is 2.33. The quantitative estimate of drug-likeness (QED) is 0.721. The van der Waals surface area contributed by atoms with Gasteiger partial charge in [0.25, 0.3) is 0 Å². The number of carbonyl (C=O) groups is 1. The molecule has 1 aliphatic heterocycles. The summed E-state index contributed by atoms with van der Waals surface area (Å²) in [6.07, 6.45) is 4.89. The van der Waals surface area contributed by atoms with Crippen molar-refractivity contribution in [1.82, 2.24) is 4.98 Å². The first-order valence-corrected chi connectivity index (χ1v) is 10.5. The molecule has 154 valence electrons. The lowest BCUT2D eigenvalue weighted by atomic mass is 9.86. The van der Waals surface area contributed by atoms with Crippen molar-refractivity contribution in [3.63, 3.8) is 0 Å². The van der Waals surface area contributed by atoms with Crippen molar-refractivity contribution in [3.8, 4) is 0 Å². The van der Waals surface area contributed by atoms with E-state index in [4.69, 9.17) is 16.3 Å². The Balaban J connectivity index is 1.61. The maximum Gasteiger partial charge on any atom is 0.230 e. The number of nitrogens with zero attached hydrogens (tertiary/aromatic N) is 2. The summed E-state index contributed by atoms with van der Waals surface area (Å²) in [6, 6.07) is 6.79. The van der Waals surface area contributed by atoms with Gasteiger partial charge in [0.05, 0.1) is 36.3 Å². The third kappa shape index (κ3) is 4.38. The number of hydrogen-bond acceptors (Lipinski definition) is 4. The number of rotatable bonds is 3.